The number of carbonyl (C=O) groups excluding carboxylic acids is 2. The van der Waals surface area contributed by atoms with Gasteiger partial charge < -0.3 is 10.2 Å². The summed E-state index contributed by atoms with van der Waals surface area (Å²) in [7, 11) is 0. The third-order valence-corrected chi connectivity index (χ3v) is 5.32. The van der Waals surface area contributed by atoms with Gasteiger partial charge >= 0.3 is 0 Å². The number of halogens is 1. The van der Waals surface area contributed by atoms with Crippen LogP contribution in [-0.4, -0.2) is 29.3 Å². The molecule has 1 aromatic rings. The van der Waals surface area contributed by atoms with Gasteiger partial charge in [-0.05, 0) is 43.5 Å². The van der Waals surface area contributed by atoms with E-state index in [2.05, 4.69) is 21.2 Å². The van der Waals surface area contributed by atoms with Crippen LogP contribution in [0.2, 0.25) is 0 Å². The van der Waals surface area contributed by atoms with Crippen LogP contribution in [-0.2, 0) is 9.59 Å². The molecule has 0 heterocycles. The van der Waals surface area contributed by atoms with Crippen LogP contribution in [0.4, 0.5) is 5.69 Å². The summed E-state index contributed by atoms with van der Waals surface area (Å²) < 4.78 is 1.01. The van der Waals surface area contributed by atoms with Crippen LogP contribution < -0.4 is 5.32 Å². The van der Waals surface area contributed by atoms with Gasteiger partial charge in [-0.3, -0.25) is 9.59 Å². The van der Waals surface area contributed by atoms with E-state index in [-0.39, 0.29) is 24.4 Å². The van der Waals surface area contributed by atoms with Gasteiger partial charge in [0.1, 0.15) is 6.54 Å². The van der Waals surface area contributed by atoms with Gasteiger partial charge in [0.25, 0.3) is 0 Å². The highest BCUT2D eigenvalue weighted by molar-refractivity contribution is 9.10. The van der Waals surface area contributed by atoms with Crippen molar-refractivity contribution in [2.45, 2.75) is 58.4 Å². The predicted octanol–water partition coefficient (Wildman–Crippen LogP) is 4.27. The van der Waals surface area contributed by atoms with Crippen molar-refractivity contribution < 1.29 is 9.59 Å². The molecule has 0 atom stereocenters. The zero-order valence-electron chi connectivity index (χ0n) is 13.9. The van der Waals surface area contributed by atoms with Gasteiger partial charge in [-0.2, -0.15) is 0 Å². The molecule has 4 nitrogen and oxygen atoms in total. The van der Waals surface area contributed by atoms with Crippen molar-refractivity contribution >= 4 is 33.4 Å². The maximum atomic E-state index is 12.3. The standard InChI is InChI=1S/C18H25BrN2O2/c1-13-11-15(9-10-17(13)19)20-18(23)12-21(14(2)22)16-7-5-3-4-6-8-16/h9-11,16H,3-8,12H2,1-2H3,(H,20,23). The lowest BCUT2D eigenvalue weighted by Crippen LogP contribution is -2.43. The number of hydrogen-bond acceptors (Lipinski definition) is 2. The molecule has 126 valence electrons. The first-order valence-electron chi connectivity index (χ1n) is 8.30. The molecule has 1 aliphatic rings. The van der Waals surface area contributed by atoms with E-state index >= 15 is 0 Å². The zero-order chi connectivity index (χ0) is 16.8. The molecular weight excluding hydrogens is 356 g/mol. The first-order valence-corrected chi connectivity index (χ1v) is 9.10. The minimum Gasteiger partial charge on any atom is -0.331 e. The summed E-state index contributed by atoms with van der Waals surface area (Å²) in [5.74, 6) is -0.148. The topological polar surface area (TPSA) is 49.4 Å². The summed E-state index contributed by atoms with van der Waals surface area (Å²) in [6.07, 6.45) is 6.75. The van der Waals surface area contributed by atoms with E-state index < -0.39 is 0 Å². The molecule has 23 heavy (non-hydrogen) atoms. The quantitative estimate of drug-likeness (QED) is 0.792. The molecule has 2 amide bonds. The van der Waals surface area contributed by atoms with Crippen LogP contribution in [0.25, 0.3) is 0 Å². The summed E-state index contributed by atoms with van der Waals surface area (Å²) in [6.45, 7) is 3.67. The third kappa shape index (κ3) is 5.34. The van der Waals surface area contributed by atoms with Crippen LogP contribution in [0.3, 0.4) is 0 Å². The number of hydrogen-bond donors (Lipinski definition) is 1. The van der Waals surface area contributed by atoms with Crippen LogP contribution in [0.1, 0.15) is 51.0 Å². The van der Waals surface area contributed by atoms with Crippen molar-refractivity contribution in [3.05, 3.63) is 28.2 Å². The number of anilines is 1. The zero-order valence-corrected chi connectivity index (χ0v) is 15.5. The minimum absolute atomic E-state index is 0.0148. The molecule has 0 unspecified atom stereocenters. The van der Waals surface area contributed by atoms with Crippen molar-refractivity contribution in [2.75, 3.05) is 11.9 Å². The average Bonchev–Trinajstić information content (AvgIpc) is 2.77. The Hall–Kier alpha value is -1.36. The number of carbonyl (C=O) groups is 2. The fraction of sp³-hybridized carbons (Fsp3) is 0.556. The predicted molar refractivity (Wildman–Crippen MR) is 96.4 cm³/mol. The van der Waals surface area contributed by atoms with Gasteiger partial charge in [0, 0.05) is 23.1 Å². The largest absolute Gasteiger partial charge is 0.331 e. The second-order valence-corrected chi connectivity index (χ2v) is 7.16. The molecule has 0 saturated heterocycles. The maximum Gasteiger partial charge on any atom is 0.244 e. The number of rotatable bonds is 4. The molecule has 1 aliphatic carbocycles. The van der Waals surface area contributed by atoms with Gasteiger partial charge in [0.05, 0.1) is 0 Å². The van der Waals surface area contributed by atoms with Crippen molar-refractivity contribution in [3.8, 4) is 0 Å². The van der Waals surface area contributed by atoms with Gasteiger partial charge in [0.15, 0.2) is 0 Å². The molecule has 0 aromatic heterocycles. The van der Waals surface area contributed by atoms with E-state index in [0.717, 1.165) is 41.4 Å². The van der Waals surface area contributed by atoms with E-state index in [1.807, 2.05) is 25.1 Å². The number of amides is 2. The SMILES string of the molecule is CC(=O)N(CC(=O)Nc1ccc(Br)c(C)c1)C1CCCCCC1. The molecule has 0 bridgehead atoms. The van der Waals surface area contributed by atoms with E-state index in [1.54, 1.807) is 11.8 Å². The smallest absolute Gasteiger partial charge is 0.244 e. The molecule has 1 N–H and O–H groups in total. The van der Waals surface area contributed by atoms with Gasteiger partial charge in [-0.25, -0.2) is 0 Å². The molecule has 0 radical (unpaired) electrons. The normalized spacial score (nSPS) is 15.8. The summed E-state index contributed by atoms with van der Waals surface area (Å²) >= 11 is 3.45. The Morgan fingerprint density at radius 3 is 2.43 bits per heavy atom. The molecule has 0 aliphatic heterocycles. The summed E-state index contributed by atoms with van der Waals surface area (Å²) in [5.41, 5.74) is 1.83. The Kier molecular flexibility index (Phi) is 6.63. The van der Waals surface area contributed by atoms with E-state index in [9.17, 15) is 9.59 Å². The fourth-order valence-electron chi connectivity index (χ4n) is 3.14. The van der Waals surface area contributed by atoms with Crippen LogP contribution >= 0.6 is 15.9 Å². The Labute approximate surface area is 146 Å². The first kappa shape index (κ1) is 18.0. The van der Waals surface area contributed by atoms with E-state index in [0.29, 0.717) is 0 Å². The van der Waals surface area contributed by atoms with E-state index in [4.69, 9.17) is 0 Å². The molecular formula is C18H25BrN2O2. The fourth-order valence-corrected chi connectivity index (χ4v) is 3.39. The molecule has 0 spiro atoms. The molecule has 1 saturated carbocycles. The summed E-state index contributed by atoms with van der Waals surface area (Å²) in [4.78, 5) is 26.1. The molecule has 1 fully saturated rings. The number of benzene rings is 1. The highest BCUT2D eigenvalue weighted by Gasteiger charge is 2.24. The van der Waals surface area contributed by atoms with Crippen LogP contribution in [0, 0.1) is 6.92 Å². The lowest BCUT2D eigenvalue weighted by Gasteiger charge is -2.29. The number of nitrogens with one attached hydrogen (secondary N) is 1. The van der Waals surface area contributed by atoms with Crippen molar-refractivity contribution in [1.82, 2.24) is 4.90 Å². The molecule has 5 heteroatoms. The van der Waals surface area contributed by atoms with Crippen molar-refractivity contribution in [2.24, 2.45) is 0 Å². The number of nitrogens with zero attached hydrogens (tertiary/aromatic N) is 1. The monoisotopic (exact) mass is 380 g/mol. The second-order valence-electron chi connectivity index (χ2n) is 6.30. The minimum atomic E-state index is -0.133. The Morgan fingerprint density at radius 2 is 1.87 bits per heavy atom. The Balaban J connectivity index is 1.99. The van der Waals surface area contributed by atoms with Gasteiger partial charge in [-0.1, -0.05) is 41.6 Å². The lowest BCUT2D eigenvalue weighted by atomic mass is 10.1. The van der Waals surface area contributed by atoms with Crippen LogP contribution in [0.5, 0.6) is 0 Å². The highest BCUT2D eigenvalue weighted by Crippen LogP contribution is 2.23. The Morgan fingerprint density at radius 1 is 1.22 bits per heavy atom. The second kappa shape index (κ2) is 8.48. The number of aryl methyl sites for hydroxylation is 1. The first-order chi connectivity index (χ1) is 11.0. The summed E-state index contributed by atoms with van der Waals surface area (Å²) in [5, 5.41) is 2.90. The highest BCUT2D eigenvalue weighted by atomic mass is 79.9. The molecule has 1 aromatic carbocycles. The molecule has 2 rings (SSSR count). The van der Waals surface area contributed by atoms with Crippen molar-refractivity contribution in [1.29, 1.82) is 0 Å². The van der Waals surface area contributed by atoms with Gasteiger partial charge in [0.2, 0.25) is 11.8 Å². The van der Waals surface area contributed by atoms with Crippen molar-refractivity contribution in [3.63, 3.8) is 0 Å². The van der Waals surface area contributed by atoms with Gasteiger partial charge in [-0.15, -0.1) is 0 Å². The van der Waals surface area contributed by atoms with Crippen LogP contribution in [0.15, 0.2) is 22.7 Å². The average molecular weight is 381 g/mol. The third-order valence-electron chi connectivity index (χ3n) is 4.43. The van der Waals surface area contributed by atoms with E-state index in [1.165, 1.54) is 12.8 Å². The Bertz CT molecular complexity index is 566. The maximum absolute atomic E-state index is 12.3. The lowest BCUT2D eigenvalue weighted by molar-refractivity contribution is -0.135. The summed E-state index contributed by atoms with van der Waals surface area (Å²) in [6, 6.07) is 5.90.